The van der Waals surface area contributed by atoms with Gasteiger partial charge in [0, 0.05) is 22.5 Å². The summed E-state index contributed by atoms with van der Waals surface area (Å²) in [6.07, 6.45) is 0.0284. The van der Waals surface area contributed by atoms with Gasteiger partial charge in [0.2, 0.25) is 5.91 Å². The van der Waals surface area contributed by atoms with E-state index in [-0.39, 0.29) is 17.9 Å². The van der Waals surface area contributed by atoms with Gasteiger partial charge in [0.05, 0.1) is 12.1 Å². The van der Waals surface area contributed by atoms with Gasteiger partial charge in [-0.05, 0) is 41.3 Å². The fourth-order valence-electron chi connectivity index (χ4n) is 2.74. The van der Waals surface area contributed by atoms with Gasteiger partial charge in [0.15, 0.2) is 5.16 Å². The molecule has 5 nitrogen and oxygen atoms in total. The molecule has 1 aromatic heterocycles. The lowest BCUT2D eigenvalue weighted by atomic mass is 10.0. The number of benzene rings is 2. The number of hydrogen-bond donors (Lipinski definition) is 2. The van der Waals surface area contributed by atoms with E-state index in [1.807, 2.05) is 48.5 Å². The number of H-pyrrole nitrogens is 1. The normalized spacial score (nSPS) is 10.9. The van der Waals surface area contributed by atoms with Crippen LogP contribution in [0.2, 0.25) is 5.02 Å². The van der Waals surface area contributed by atoms with Crippen molar-refractivity contribution in [3.8, 4) is 0 Å². The number of nitrogens with zero attached hydrogens (tertiary/aromatic N) is 1. The lowest BCUT2D eigenvalue weighted by Crippen LogP contribution is -2.18. The molecule has 150 valence electrons. The summed E-state index contributed by atoms with van der Waals surface area (Å²) in [4.78, 5) is 31.4. The van der Waals surface area contributed by atoms with Gasteiger partial charge >= 0.3 is 0 Å². The van der Waals surface area contributed by atoms with Gasteiger partial charge < -0.3 is 10.3 Å². The molecule has 1 heterocycles. The number of aromatic nitrogens is 2. The molecule has 0 radical (unpaired) electrons. The molecule has 3 rings (SSSR count). The van der Waals surface area contributed by atoms with Crippen molar-refractivity contribution in [2.24, 2.45) is 0 Å². The maximum atomic E-state index is 12.4. The van der Waals surface area contributed by atoms with Crippen LogP contribution in [0.1, 0.15) is 36.6 Å². The average molecular weight is 428 g/mol. The fourth-order valence-corrected chi connectivity index (χ4v) is 3.79. The summed E-state index contributed by atoms with van der Waals surface area (Å²) in [6.45, 7) is 4.24. The van der Waals surface area contributed by atoms with Crippen LogP contribution in [0.3, 0.4) is 0 Å². The van der Waals surface area contributed by atoms with Crippen LogP contribution in [0.15, 0.2) is 64.5 Å². The van der Waals surface area contributed by atoms with Crippen molar-refractivity contribution in [1.29, 1.82) is 0 Å². The average Bonchev–Trinajstić information content (AvgIpc) is 2.66. The molecule has 0 aliphatic heterocycles. The molecule has 0 saturated carbocycles. The van der Waals surface area contributed by atoms with Gasteiger partial charge in [0.1, 0.15) is 0 Å². The number of amides is 1. The standard InChI is InChI=1S/C22H22ClN3O2S/c1-14(2)16-6-8-18(9-7-16)24-20(27)11-19-12-21(28)26-22(25-19)29-13-15-4-3-5-17(23)10-15/h3-10,12,14H,11,13H2,1-2H3,(H,24,27)(H,25,26,28). The van der Waals surface area contributed by atoms with E-state index < -0.39 is 0 Å². The van der Waals surface area contributed by atoms with Crippen LogP contribution < -0.4 is 10.9 Å². The first-order valence-electron chi connectivity index (χ1n) is 9.26. The highest BCUT2D eigenvalue weighted by Gasteiger charge is 2.09. The Morgan fingerprint density at radius 1 is 1.17 bits per heavy atom. The molecule has 2 aromatic carbocycles. The first kappa shape index (κ1) is 21.1. The third kappa shape index (κ3) is 6.48. The van der Waals surface area contributed by atoms with Gasteiger partial charge in [-0.2, -0.15) is 0 Å². The summed E-state index contributed by atoms with van der Waals surface area (Å²) in [5.41, 5.74) is 3.11. The number of rotatable bonds is 7. The second kappa shape index (κ2) is 9.76. The van der Waals surface area contributed by atoms with Crippen molar-refractivity contribution in [3.63, 3.8) is 0 Å². The Morgan fingerprint density at radius 3 is 2.62 bits per heavy atom. The molecule has 1 amide bonds. The minimum Gasteiger partial charge on any atom is -0.326 e. The lowest BCUT2D eigenvalue weighted by Gasteiger charge is -2.09. The molecule has 0 saturated heterocycles. The van der Waals surface area contributed by atoms with Crippen LogP contribution in [0.25, 0.3) is 0 Å². The van der Waals surface area contributed by atoms with Crippen LogP contribution in [-0.4, -0.2) is 15.9 Å². The summed E-state index contributed by atoms with van der Waals surface area (Å²) in [5.74, 6) is 0.829. The SMILES string of the molecule is CC(C)c1ccc(NC(=O)Cc2cc(=O)[nH]c(SCc3cccc(Cl)c3)n2)cc1. The summed E-state index contributed by atoms with van der Waals surface area (Å²) in [7, 11) is 0. The molecular weight excluding hydrogens is 406 g/mol. The van der Waals surface area contributed by atoms with Gasteiger partial charge in [-0.15, -0.1) is 0 Å². The first-order valence-corrected chi connectivity index (χ1v) is 10.6. The number of aromatic amines is 1. The van der Waals surface area contributed by atoms with Gasteiger partial charge in [-0.1, -0.05) is 61.5 Å². The Hall–Kier alpha value is -2.57. The Morgan fingerprint density at radius 2 is 1.93 bits per heavy atom. The third-order valence-corrected chi connectivity index (χ3v) is 5.42. The molecule has 0 aliphatic carbocycles. The van der Waals surface area contributed by atoms with Crippen molar-refractivity contribution < 1.29 is 4.79 Å². The molecule has 0 unspecified atom stereocenters. The molecule has 7 heteroatoms. The lowest BCUT2D eigenvalue weighted by molar-refractivity contribution is -0.115. The van der Waals surface area contributed by atoms with Crippen LogP contribution in [-0.2, 0) is 17.0 Å². The Labute approximate surface area is 178 Å². The van der Waals surface area contributed by atoms with Crippen LogP contribution in [0, 0.1) is 0 Å². The van der Waals surface area contributed by atoms with E-state index in [9.17, 15) is 9.59 Å². The zero-order chi connectivity index (χ0) is 20.8. The predicted molar refractivity (Wildman–Crippen MR) is 119 cm³/mol. The van der Waals surface area contributed by atoms with Crippen LogP contribution in [0.5, 0.6) is 0 Å². The highest BCUT2D eigenvalue weighted by atomic mass is 35.5. The number of carbonyl (C=O) groups excluding carboxylic acids is 1. The number of anilines is 1. The Balaban J connectivity index is 1.62. The van der Waals surface area contributed by atoms with E-state index in [0.717, 1.165) is 11.3 Å². The molecule has 29 heavy (non-hydrogen) atoms. The number of thioether (sulfide) groups is 1. The van der Waals surface area contributed by atoms with E-state index >= 15 is 0 Å². The van der Waals surface area contributed by atoms with E-state index in [1.165, 1.54) is 23.4 Å². The number of halogens is 1. The van der Waals surface area contributed by atoms with Crippen molar-refractivity contribution in [2.75, 3.05) is 5.32 Å². The fraction of sp³-hybridized carbons (Fsp3) is 0.227. The zero-order valence-corrected chi connectivity index (χ0v) is 17.8. The summed E-state index contributed by atoms with van der Waals surface area (Å²) in [5, 5.41) is 3.98. The van der Waals surface area contributed by atoms with E-state index in [4.69, 9.17) is 11.6 Å². The number of hydrogen-bond acceptors (Lipinski definition) is 4. The van der Waals surface area contributed by atoms with Crippen molar-refractivity contribution in [3.05, 3.63) is 86.8 Å². The van der Waals surface area contributed by atoms with E-state index in [1.54, 1.807) is 0 Å². The summed E-state index contributed by atoms with van der Waals surface area (Å²) in [6, 6.07) is 16.6. The Kier molecular flexibility index (Phi) is 7.12. The second-order valence-electron chi connectivity index (χ2n) is 6.96. The minimum absolute atomic E-state index is 0.0284. The molecule has 0 bridgehead atoms. The van der Waals surface area contributed by atoms with Gasteiger partial charge in [-0.25, -0.2) is 4.98 Å². The van der Waals surface area contributed by atoms with Crippen molar-refractivity contribution in [2.45, 2.75) is 37.1 Å². The largest absolute Gasteiger partial charge is 0.326 e. The molecule has 0 spiro atoms. The second-order valence-corrected chi connectivity index (χ2v) is 8.36. The maximum Gasteiger partial charge on any atom is 0.251 e. The molecule has 2 N–H and O–H groups in total. The van der Waals surface area contributed by atoms with Crippen molar-refractivity contribution in [1.82, 2.24) is 9.97 Å². The maximum absolute atomic E-state index is 12.4. The summed E-state index contributed by atoms with van der Waals surface area (Å²) < 4.78 is 0. The summed E-state index contributed by atoms with van der Waals surface area (Å²) >= 11 is 7.39. The number of nitrogens with one attached hydrogen (secondary N) is 2. The Bertz CT molecular complexity index is 1050. The monoisotopic (exact) mass is 427 g/mol. The predicted octanol–water partition coefficient (Wildman–Crippen LogP) is 5.02. The van der Waals surface area contributed by atoms with E-state index in [2.05, 4.69) is 29.1 Å². The minimum atomic E-state index is -0.280. The molecule has 3 aromatic rings. The smallest absolute Gasteiger partial charge is 0.251 e. The highest BCUT2D eigenvalue weighted by Crippen LogP contribution is 2.21. The number of carbonyl (C=O) groups is 1. The van der Waals surface area contributed by atoms with Gasteiger partial charge in [-0.3, -0.25) is 9.59 Å². The topological polar surface area (TPSA) is 74.8 Å². The molecule has 0 aliphatic rings. The van der Waals surface area contributed by atoms with Crippen molar-refractivity contribution >= 4 is 35.0 Å². The van der Waals surface area contributed by atoms with Crippen LogP contribution in [0.4, 0.5) is 5.69 Å². The highest BCUT2D eigenvalue weighted by molar-refractivity contribution is 7.98. The molecule has 0 atom stereocenters. The van der Waals surface area contributed by atoms with Crippen LogP contribution >= 0.6 is 23.4 Å². The molecule has 0 fully saturated rings. The van der Waals surface area contributed by atoms with E-state index in [0.29, 0.717) is 27.5 Å². The zero-order valence-electron chi connectivity index (χ0n) is 16.2. The third-order valence-electron chi connectivity index (χ3n) is 4.24. The van der Waals surface area contributed by atoms with Gasteiger partial charge in [0.25, 0.3) is 5.56 Å². The molecular formula is C22H22ClN3O2S. The first-order chi connectivity index (χ1) is 13.9. The quantitative estimate of drug-likeness (QED) is 0.410.